The molecular formula is C69H51N3O2. The first-order valence-electron chi connectivity index (χ1n) is 24.8. The van der Waals surface area contributed by atoms with Crippen molar-refractivity contribution >= 4 is 62.8 Å². The van der Waals surface area contributed by atoms with Crippen LogP contribution in [-0.2, 0) is 0 Å². The molecule has 0 aliphatic carbocycles. The molecule has 0 unspecified atom stereocenters. The molecule has 0 bridgehead atoms. The highest BCUT2D eigenvalue weighted by Crippen LogP contribution is 2.40. The van der Waals surface area contributed by atoms with E-state index in [2.05, 4.69) is 179 Å². The van der Waals surface area contributed by atoms with Crippen molar-refractivity contribution in [1.29, 1.82) is 0 Å². The van der Waals surface area contributed by atoms with Gasteiger partial charge in [0.15, 0.2) is 11.6 Å². The summed E-state index contributed by atoms with van der Waals surface area (Å²) < 4.78 is 0. The SMILES string of the molecule is Cc1ccccc1N(c1cccc(C(=O)c2ccc(-c3ccc(N(c4ccccc4)c4ccccc4)cc3)cc2)c1)c1cccc(C(=O)c2ccc(-c3ccc(N(c4ccccc4)c4ccccc4)cc3)cc2)c1. The Morgan fingerprint density at radius 1 is 0.243 bits per heavy atom. The third kappa shape index (κ3) is 9.91. The first-order chi connectivity index (χ1) is 36.4. The zero-order valence-corrected chi connectivity index (χ0v) is 40.9. The van der Waals surface area contributed by atoms with Gasteiger partial charge >= 0.3 is 0 Å². The van der Waals surface area contributed by atoms with Crippen LogP contribution in [0, 0.1) is 6.92 Å². The maximum atomic E-state index is 14.3. The van der Waals surface area contributed by atoms with Gasteiger partial charge in [0.25, 0.3) is 0 Å². The van der Waals surface area contributed by atoms with Gasteiger partial charge in [-0.25, -0.2) is 0 Å². The Morgan fingerprint density at radius 3 is 0.865 bits per heavy atom. The number of nitrogens with zero attached hydrogens (tertiary/aromatic N) is 3. The van der Waals surface area contributed by atoms with Gasteiger partial charge in [0.05, 0.1) is 0 Å². The largest absolute Gasteiger partial charge is 0.311 e. The normalized spacial score (nSPS) is 10.9. The summed E-state index contributed by atoms with van der Waals surface area (Å²) in [7, 11) is 0. The highest BCUT2D eigenvalue weighted by Gasteiger charge is 2.20. The van der Waals surface area contributed by atoms with Crippen LogP contribution in [0.2, 0.25) is 0 Å². The molecule has 0 N–H and O–H groups in total. The third-order valence-electron chi connectivity index (χ3n) is 13.4. The highest BCUT2D eigenvalue weighted by molar-refractivity contribution is 6.11. The van der Waals surface area contributed by atoms with Crippen LogP contribution in [0.5, 0.6) is 0 Å². The molecule has 0 radical (unpaired) electrons. The Bertz CT molecular complexity index is 3370. The molecule has 5 heteroatoms. The second-order valence-corrected chi connectivity index (χ2v) is 18.1. The smallest absolute Gasteiger partial charge is 0.193 e. The average Bonchev–Trinajstić information content (AvgIpc) is 3.47. The molecule has 0 saturated carbocycles. The van der Waals surface area contributed by atoms with Gasteiger partial charge in [0.1, 0.15) is 0 Å². The van der Waals surface area contributed by atoms with Crippen LogP contribution in [0.25, 0.3) is 22.3 Å². The molecule has 0 amide bonds. The lowest BCUT2D eigenvalue weighted by atomic mass is 9.98. The molecule has 11 aromatic carbocycles. The van der Waals surface area contributed by atoms with E-state index in [-0.39, 0.29) is 11.6 Å². The minimum Gasteiger partial charge on any atom is -0.311 e. The number of ketones is 2. The Kier molecular flexibility index (Phi) is 13.4. The predicted octanol–water partition coefficient (Wildman–Crippen LogP) is 18.2. The van der Waals surface area contributed by atoms with Gasteiger partial charge in [-0.05, 0) is 138 Å². The molecule has 11 rings (SSSR count). The summed E-state index contributed by atoms with van der Waals surface area (Å²) in [5.41, 5.74) is 16.5. The summed E-state index contributed by atoms with van der Waals surface area (Å²) in [5, 5.41) is 0. The van der Waals surface area contributed by atoms with E-state index < -0.39 is 0 Å². The lowest BCUT2D eigenvalue weighted by Gasteiger charge is -2.27. The number of carbonyl (C=O) groups excluding carboxylic acids is 2. The molecule has 0 aliphatic rings. The summed E-state index contributed by atoms with van der Waals surface area (Å²) in [6, 6.07) is 97.8. The number of carbonyl (C=O) groups is 2. The maximum Gasteiger partial charge on any atom is 0.193 e. The van der Waals surface area contributed by atoms with Crippen molar-refractivity contribution < 1.29 is 9.59 Å². The Labute approximate surface area is 433 Å². The van der Waals surface area contributed by atoms with Crippen molar-refractivity contribution in [3.63, 3.8) is 0 Å². The van der Waals surface area contributed by atoms with Crippen LogP contribution >= 0.6 is 0 Å². The molecule has 5 nitrogen and oxygen atoms in total. The number of aryl methyl sites for hydroxylation is 1. The second kappa shape index (κ2) is 21.3. The highest BCUT2D eigenvalue weighted by atomic mass is 16.1. The Balaban J connectivity index is 0.822. The van der Waals surface area contributed by atoms with Crippen LogP contribution in [-0.4, -0.2) is 11.6 Å². The third-order valence-corrected chi connectivity index (χ3v) is 13.4. The van der Waals surface area contributed by atoms with E-state index in [9.17, 15) is 9.59 Å². The van der Waals surface area contributed by atoms with Gasteiger partial charge in [0, 0.05) is 73.4 Å². The van der Waals surface area contributed by atoms with E-state index >= 15 is 0 Å². The van der Waals surface area contributed by atoms with Gasteiger partial charge in [-0.1, -0.05) is 188 Å². The summed E-state index contributed by atoms with van der Waals surface area (Å²) in [6.07, 6.45) is 0. The number of hydrogen-bond donors (Lipinski definition) is 0. The fourth-order valence-corrected chi connectivity index (χ4v) is 9.58. The second-order valence-electron chi connectivity index (χ2n) is 18.1. The molecule has 0 fully saturated rings. The number of benzene rings is 11. The van der Waals surface area contributed by atoms with Gasteiger partial charge in [-0.3, -0.25) is 9.59 Å². The van der Waals surface area contributed by atoms with Crippen molar-refractivity contribution in [1.82, 2.24) is 0 Å². The monoisotopic (exact) mass is 953 g/mol. The fraction of sp³-hybridized carbons (Fsp3) is 0.0145. The average molecular weight is 954 g/mol. The molecule has 0 atom stereocenters. The van der Waals surface area contributed by atoms with Crippen molar-refractivity contribution in [2.75, 3.05) is 14.7 Å². The van der Waals surface area contributed by atoms with Gasteiger partial charge < -0.3 is 14.7 Å². The molecule has 0 spiro atoms. The van der Waals surface area contributed by atoms with E-state index in [0.29, 0.717) is 22.3 Å². The van der Waals surface area contributed by atoms with Gasteiger partial charge in [0.2, 0.25) is 0 Å². The van der Waals surface area contributed by atoms with E-state index in [4.69, 9.17) is 0 Å². The van der Waals surface area contributed by atoms with Crippen molar-refractivity contribution in [3.8, 4) is 22.3 Å². The van der Waals surface area contributed by atoms with Crippen LogP contribution in [0.4, 0.5) is 51.2 Å². The maximum absolute atomic E-state index is 14.3. The van der Waals surface area contributed by atoms with Crippen LogP contribution in [0.3, 0.4) is 0 Å². The molecular weight excluding hydrogens is 903 g/mol. The molecule has 354 valence electrons. The molecule has 0 saturated heterocycles. The molecule has 11 aromatic rings. The number of rotatable bonds is 15. The van der Waals surface area contributed by atoms with E-state index in [0.717, 1.165) is 79.0 Å². The first-order valence-corrected chi connectivity index (χ1v) is 24.8. The molecule has 0 aromatic heterocycles. The summed E-state index contributed by atoms with van der Waals surface area (Å²) in [5.74, 6) is -0.158. The van der Waals surface area contributed by atoms with E-state index in [1.54, 1.807) is 0 Å². The fourth-order valence-electron chi connectivity index (χ4n) is 9.58. The zero-order valence-electron chi connectivity index (χ0n) is 40.9. The number of hydrogen-bond acceptors (Lipinski definition) is 5. The molecule has 0 heterocycles. The Hall–Kier alpha value is -9.84. The van der Waals surface area contributed by atoms with Crippen LogP contribution in [0.1, 0.15) is 37.4 Å². The first kappa shape index (κ1) is 46.5. The molecule has 74 heavy (non-hydrogen) atoms. The quantitative estimate of drug-likeness (QED) is 0.0958. The van der Waals surface area contributed by atoms with Crippen molar-refractivity contribution in [3.05, 3.63) is 319 Å². The standard InChI is InChI=1S/C69H51N3O2/c1-50-18-14-15-31-67(50)72(65-29-16-19-57(48-65)68(73)55-36-32-51(33-37-55)53-40-44-63(45-41-53)70(59-21-6-2-7-22-59)60-23-8-3-9-24-60)66-30-17-20-58(49-66)69(74)56-38-34-52(35-39-56)54-42-46-64(47-43-54)71(61-25-10-4-11-26-61)62-27-12-5-13-28-62/h2-49H,1H3. The van der Waals surface area contributed by atoms with Crippen molar-refractivity contribution in [2.24, 2.45) is 0 Å². The van der Waals surface area contributed by atoms with Crippen molar-refractivity contribution in [2.45, 2.75) is 6.92 Å². The summed E-state index contributed by atoms with van der Waals surface area (Å²) in [6.45, 7) is 2.07. The Morgan fingerprint density at radius 2 is 0.527 bits per heavy atom. The zero-order chi connectivity index (χ0) is 50.2. The van der Waals surface area contributed by atoms with E-state index in [1.807, 2.05) is 133 Å². The van der Waals surface area contributed by atoms with Gasteiger partial charge in [-0.15, -0.1) is 0 Å². The number of anilines is 9. The minimum atomic E-state index is -0.0792. The molecule has 0 aliphatic heterocycles. The van der Waals surface area contributed by atoms with Crippen LogP contribution < -0.4 is 14.7 Å². The van der Waals surface area contributed by atoms with E-state index in [1.165, 1.54) is 0 Å². The number of para-hydroxylation sites is 5. The lowest BCUT2D eigenvalue weighted by Crippen LogP contribution is -2.13. The van der Waals surface area contributed by atoms with Gasteiger partial charge in [-0.2, -0.15) is 0 Å². The van der Waals surface area contributed by atoms with Crippen LogP contribution in [0.15, 0.2) is 291 Å². The minimum absolute atomic E-state index is 0.0792. The predicted molar refractivity (Wildman–Crippen MR) is 306 cm³/mol. The lowest BCUT2D eigenvalue weighted by molar-refractivity contribution is 0.103. The summed E-state index contributed by atoms with van der Waals surface area (Å²) in [4.78, 5) is 35.2. The topological polar surface area (TPSA) is 43.9 Å². The summed E-state index contributed by atoms with van der Waals surface area (Å²) >= 11 is 0.